The van der Waals surface area contributed by atoms with Crippen molar-refractivity contribution in [2.45, 2.75) is 44.4 Å². The molecule has 1 aliphatic carbocycles. The van der Waals surface area contributed by atoms with Crippen LogP contribution in [0.25, 0.3) is 0 Å². The SMILES string of the molecule is COc1ccc(C(=O)N(C)CCc2ccccc2)c(N2CCC(COc3cccc(C(CC(=O)O)C4CC4)c3)CC2)c1. The Morgan fingerprint density at radius 2 is 1.71 bits per heavy atom. The number of carboxylic acids is 1. The molecule has 2 fully saturated rings. The average molecular weight is 571 g/mol. The Labute approximate surface area is 249 Å². The van der Waals surface area contributed by atoms with Crippen LogP contribution in [0.1, 0.15) is 59.5 Å². The van der Waals surface area contributed by atoms with E-state index in [4.69, 9.17) is 9.47 Å². The van der Waals surface area contributed by atoms with E-state index in [1.165, 1.54) is 5.56 Å². The second kappa shape index (κ2) is 13.8. The van der Waals surface area contributed by atoms with E-state index in [9.17, 15) is 14.7 Å². The van der Waals surface area contributed by atoms with Crippen molar-refractivity contribution in [3.63, 3.8) is 0 Å². The standard InChI is InChI=1S/C35H42N2O5/c1-36(18-15-25-7-4-3-5-8-25)35(40)31-14-13-29(41-2)22-33(31)37-19-16-26(17-20-37)24-42-30-10-6-9-28(21-30)32(23-34(38)39)27-11-12-27/h3-10,13-14,21-22,26-27,32H,11-12,15-20,23-24H2,1-2H3,(H,38,39). The number of carboxylic acid groups (broad SMARTS) is 1. The van der Waals surface area contributed by atoms with Crippen LogP contribution in [-0.4, -0.2) is 62.3 Å². The summed E-state index contributed by atoms with van der Waals surface area (Å²) in [5.41, 5.74) is 3.90. The van der Waals surface area contributed by atoms with Gasteiger partial charge in [0.15, 0.2) is 0 Å². The van der Waals surface area contributed by atoms with Crippen LogP contribution in [0.15, 0.2) is 72.8 Å². The number of carbonyl (C=O) groups excluding carboxylic acids is 1. The lowest BCUT2D eigenvalue weighted by atomic mass is 9.91. The van der Waals surface area contributed by atoms with Gasteiger partial charge in [0.1, 0.15) is 11.5 Å². The van der Waals surface area contributed by atoms with E-state index in [-0.39, 0.29) is 18.2 Å². The number of likely N-dealkylation sites (N-methyl/N-ethyl adjacent to an activating group) is 1. The normalized spacial score (nSPS) is 16.1. The van der Waals surface area contributed by atoms with E-state index < -0.39 is 5.97 Å². The van der Waals surface area contributed by atoms with Gasteiger partial charge in [0.05, 0.1) is 31.4 Å². The molecule has 1 heterocycles. The molecular weight excluding hydrogens is 528 g/mol. The van der Waals surface area contributed by atoms with Gasteiger partial charge in [-0.05, 0) is 85.3 Å². The van der Waals surface area contributed by atoms with Crippen LogP contribution < -0.4 is 14.4 Å². The number of hydrogen-bond donors (Lipinski definition) is 1. The summed E-state index contributed by atoms with van der Waals surface area (Å²) >= 11 is 0. The zero-order valence-corrected chi connectivity index (χ0v) is 24.7. The van der Waals surface area contributed by atoms with Gasteiger partial charge in [-0.15, -0.1) is 0 Å². The number of anilines is 1. The predicted octanol–water partition coefficient (Wildman–Crippen LogP) is 6.27. The summed E-state index contributed by atoms with van der Waals surface area (Å²) in [4.78, 5) is 29.0. The Bertz CT molecular complexity index is 1350. The molecule has 5 rings (SSSR count). The monoisotopic (exact) mass is 570 g/mol. The number of amides is 1. The molecule has 222 valence electrons. The number of aliphatic carboxylic acids is 1. The van der Waals surface area contributed by atoms with Crippen LogP contribution in [0.3, 0.4) is 0 Å². The number of rotatable bonds is 13. The van der Waals surface area contributed by atoms with E-state index in [2.05, 4.69) is 17.0 Å². The molecule has 0 radical (unpaired) electrons. The zero-order valence-electron chi connectivity index (χ0n) is 24.7. The quantitative estimate of drug-likeness (QED) is 0.261. The maximum Gasteiger partial charge on any atom is 0.303 e. The van der Waals surface area contributed by atoms with Gasteiger partial charge in [0.25, 0.3) is 5.91 Å². The molecule has 0 spiro atoms. The summed E-state index contributed by atoms with van der Waals surface area (Å²) in [5, 5.41) is 9.38. The van der Waals surface area contributed by atoms with Gasteiger partial charge < -0.3 is 24.4 Å². The van der Waals surface area contributed by atoms with Gasteiger partial charge in [-0.1, -0.05) is 42.5 Å². The molecule has 2 aliphatic rings. The Kier molecular flexibility index (Phi) is 9.67. The smallest absolute Gasteiger partial charge is 0.303 e. The number of piperidine rings is 1. The second-order valence-corrected chi connectivity index (χ2v) is 11.7. The fourth-order valence-corrected chi connectivity index (χ4v) is 5.96. The van der Waals surface area contributed by atoms with Crippen molar-refractivity contribution in [2.24, 2.45) is 11.8 Å². The summed E-state index contributed by atoms with van der Waals surface area (Å²) in [6, 6.07) is 24.0. The Balaban J connectivity index is 1.18. The third-order valence-electron chi connectivity index (χ3n) is 8.67. The first-order valence-corrected chi connectivity index (χ1v) is 15.1. The van der Waals surface area contributed by atoms with E-state index in [0.717, 1.165) is 67.9 Å². The summed E-state index contributed by atoms with van der Waals surface area (Å²) in [7, 11) is 3.52. The van der Waals surface area contributed by atoms with Crippen LogP contribution in [0.2, 0.25) is 0 Å². The third kappa shape index (κ3) is 7.64. The largest absolute Gasteiger partial charge is 0.497 e. The molecule has 3 aromatic carbocycles. The second-order valence-electron chi connectivity index (χ2n) is 11.7. The van der Waals surface area contributed by atoms with Crippen molar-refractivity contribution in [2.75, 3.05) is 45.3 Å². The summed E-state index contributed by atoms with van der Waals surface area (Å²) in [6.07, 6.45) is 5.10. The Hall–Kier alpha value is -4.00. The number of nitrogens with zero attached hydrogens (tertiary/aromatic N) is 2. The van der Waals surface area contributed by atoms with E-state index in [1.54, 1.807) is 12.0 Å². The van der Waals surface area contributed by atoms with Crippen LogP contribution in [0.4, 0.5) is 5.69 Å². The highest BCUT2D eigenvalue weighted by atomic mass is 16.5. The summed E-state index contributed by atoms with van der Waals surface area (Å²) in [6.45, 7) is 2.93. The Morgan fingerprint density at radius 1 is 0.952 bits per heavy atom. The van der Waals surface area contributed by atoms with Crippen molar-refractivity contribution in [3.05, 3.63) is 89.5 Å². The van der Waals surface area contributed by atoms with Gasteiger partial charge in [-0.3, -0.25) is 9.59 Å². The summed E-state index contributed by atoms with van der Waals surface area (Å²) < 4.78 is 11.7. The molecule has 1 N–H and O–H groups in total. The lowest BCUT2D eigenvalue weighted by molar-refractivity contribution is -0.137. The number of hydrogen-bond acceptors (Lipinski definition) is 5. The minimum absolute atomic E-state index is 0.0151. The molecule has 1 aliphatic heterocycles. The molecule has 3 aromatic rings. The highest BCUT2D eigenvalue weighted by Gasteiger charge is 2.34. The van der Waals surface area contributed by atoms with Crippen molar-refractivity contribution >= 4 is 17.6 Å². The van der Waals surface area contributed by atoms with Crippen molar-refractivity contribution in [1.29, 1.82) is 0 Å². The predicted molar refractivity (Wildman–Crippen MR) is 165 cm³/mol. The molecule has 1 unspecified atom stereocenters. The number of ether oxygens (including phenoxy) is 2. The molecule has 0 bridgehead atoms. The minimum Gasteiger partial charge on any atom is -0.497 e. The molecule has 1 atom stereocenters. The molecule has 42 heavy (non-hydrogen) atoms. The lowest BCUT2D eigenvalue weighted by Gasteiger charge is -2.35. The summed E-state index contributed by atoms with van der Waals surface area (Å²) in [5.74, 6) is 1.76. The van der Waals surface area contributed by atoms with Crippen molar-refractivity contribution in [1.82, 2.24) is 4.90 Å². The molecule has 1 saturated carbocycles. The zero-order chi connectivity index (χ0) is 29.5. The Morgan fingerprint density at radius 3 is 2.40 bits per heavy atom. The fourth-order valence-electron chi connectivity index (χ4n) is 5.96. The van der Waals surface area contributed by atoms with Gasteiger partial charge in [0.2, 0.25) is 0 Å². The third-order valence-corrected chi connectivity index (χ3v) is 8.67. The molecule has 7 heteroatoms. The maximum atomic E-state index is 13.5. The number of benzene rings is 3. The highest BCUT2D eigenvalue weighted by Crippen LogP contribution is 2.45. The van der Waals surface area contributed by atoms with Crippen LogP contribution >= 0.6 is 0 Å². The van der Waals surface area contributed by atoms with E-state index in [1.807, 2.05) is 67.7 Å². The van der Waals surface area contributed by atoms with Crippen LogP contribution in [-0.2, 0) is 11.2 Å². The van der Waals surface area contributed by atoms with E-state index >= 15 is 0 Å². The highest BCUT2D eigenvalue weighted by molar-refractivity contribution is 6.00. The molecule has 0 aromatic heterocycles. The van der Waals surface area contributed by atoms with Crippen LogP contribution in [0, 0.1) is 11.8 Å². The van der Waals surface area contributed by atoms with E-state index in [0.29, 0.717) is 30.6 Å². The van der Waals surface area contributed by atoms with Gasteiger partial charge in [-0.25, -0.2) is 0 Å². The molecule has 1 amide bonds. The first kappa shape index (κ1) is 29.5. The minimum atomic E-state index is -0.746. The fraction of sp³-hybridized carbons (Fsp3) is 0.429. The maximum absolute atomic E-state index is 13.5. The van der Waals surface area contributed by atoms with Crippen molar-refractivity contribution in [3.8, 4) is 11.5 Å². The lowest BCUT2D eigenvalue weighted by Crippen LogP contribution is -2.37. The number of carbonyl (C=O) groups is 2. The molecular formula is C35H42N2O5. The van der Waals surface area contributed by atoms with Gasteiger partial charge in [-0.2, -0.15) is 0 Å². The van der Waals surface area contributed by atoms with Crippen LogP contribution in [0.5, 0.6) is 11.5 Å². The van der Waals surface area contributed by atoms with Gasteiger partial charge in [0, 0.05) is 32.7 Å². The van der Waals surface area contributed by atoms with Crippen molar-refractivity contribution < 1.29 is 24.2 Å². The first-order valence-electron chi connectivity index (χ1n) is 15.1. The molecule has 1 saturated heterocycles. The average Bonchev–Trinajstić information content (AvgIpc) is 3.87. The molecule has 7 nitrogen and oxygen atoms in total. The topological polar surface area (TPSA) is 79.3 Å². The number of methoxy groups -OCH3 is 1. The van der Waals surface area contributed by atoms with Gasteiger partial charge >= 0.3 is 5.97 Å². The first-order chi connectivity index (χ1) is 20.4.